The largest absolute Gasteiger partial charge is 0.338 e. The average Bonchev–Trinajstić information content (AvgIpc) is 3.16. The van der Waals surface area contributed by atoms with E-state index in [1.54, 1.807) is 24.3 Å². The van der Waals surface area contributed by atoms with E-state index in [1.807, 2.05) is 11.8 Å². The summed E-state index contributed by atoms with van der Waals surface area (Å²) >= 11 is 7.21. The third-order valence-corrected chi connectivity index (χ3v) is 5.62. The van der Waals surface area contributed by atoms with Gasteiger partial charge in [-0.2, -0.15) is 0 Å². The van der Waals surface area contributed by atoms with Crippen molar-refractivity contribution >= 4 is 40.6 Å². The Morgan fingerprint density at radius 3 is 3.00 bits per heavy atom. The van der Waals surface area contributed by atoms with Crippen molar-refractivity contribution in [3.05, 3.63) is 39.3 Å². The number of piperidine rings is 1. The van der Waals surface area contributed by atoms with Gasteiger partial charge in [-0.05, 0) is 37.5 Å². The van der Waals surface area contributed by atoms with Gasteiger partial charge in [-0.15, -0.1) is 10.2 Å². The zero-order valence-corrected chi connectivity index (χ0v) is 16.6. The zero-order valence-electron chi connectivity index (χ0n) is 15.1. The zero-order chi connectivity index (χ0) is 19.2. The number of benzene rings is 1. The van der Waals surface area contributed by atoms with E-state index < -0.39 is 0 Å². The highest BCUT2D eigenvalue weighted by Crippen LogP contribution is 2.29. The Kier molecular flexibility index (Phi) is 6.63. The van der Waals surface area contributed by atoms with Gasteiger partial charge in [0.25, 0.3) is 5.91 Å². The van der Waals surface area contributed by atoms with Gasteiger partial charge in [0.15, 0.2) is 0 Å². The first-order chi connectivity index (χ1) is 13.1. The first kappa shape index (κ1) is 19.6. The predicted octanol–water partition coefficient (Wildman–Crippen LogP) is 3.74. The molecule has 0 bridgehead atoms. The Balaban J connectivity index is 1.62. The summed E-state index contributed by atoms with van der Waals surface area (Å²) in [4.78, 5) is 26.4. The standard InChI is InChI=1S/C18H22ClN5O2S/c1-2-8-20-18(26)24-9-4-5-12(11-24)16-22-23-17(27-16)15(25)21-14-7-3-6-13(19)10-14/h3,6-7,10,12H,2,4-5,8-9,11H2,1H3,(H,20,26)(H,21,25). The highest BCUT2D eigenvalue weighted by Gasteiger charge is 2.28. The van der Waals surface area contributed by atoms with Crippen molar-refractivity contribution in [2.45, 2.75) is 32.1 Å². The molecule has 0 aliphatic carbocycles. The minimum atomic E-state index is -0.311. The topological polar surface area (TPSA) is 87.2 Å². The number of hydrogen-bond donors (Lipinski definition) is 2. The molecule has 1 aromatic heterocycles. The molecule has 0 spiro atoms. The molecule has 1 atom stereocenters. The second kappa shape index (κ2) is 9.14. The minimum Gasteiger partial charge on any atom is -0.338 e. The number of carbonyl (C=O) groups excluding carboxylic acids is 2. The summed E-state index contributed by atoms with van der Waals surface area (Å²) in [5.74, 6) is -0.203. The molecule has 1 saturated heterocycles. The number of rotatable bonds is 5. The maximum Gasteiger partial charge on any atom is 0.317 e. The van der Waals surface area contributed by atoms with E-state index in [9.17, 15) is 9.59 Å². The van der Waals surface area contributed by atoms with Crippen LogP contribution in [0.5, 0.6) is 0 Å². The Bertz CT molecular complexity index is 813. The molecule has 27 heavy (non-hydrogen) atoms. The Morgan fingerprint density at radius 1 is 1.37 bits per heavy atom. The second-order valence-corrected chi connectivity index (χ2v) is 7.87. The van der Waals surface area contributed by atoms with Crippen molar-refractivity contribution in [1.82, 2.24) is 20.4 Å². The SMILES string of the molecule is CCCNC(=O)N1CCCC(c2nnc(C(=O)Nc3cccc(Cl)c3)s2)C1. The quantitative estimate of drug-likeness (QED) is 0.790. The van der Waals surface area contributed by atoms with E-state index in [4.69, 9.17) is 11.6 Å². The monoisotopic (exact) mass is 407 g/mol. The lowest BCUT2D eigenvalue weighted by Gasteiger charge is -2.31. The molecule has 1 fully saturated rings. The maximum absolute atomic E-state index is 12.4. The number of urea groups is 1. The van der Waals surface area contributed by atoms with E-state index in [-0.39, 0.29) is 17.9 Å². The summed E-state index contributed by atoms with van der Waals surface area (Å²) in [6.45, 7) is 4.04. The number of nitrogens with one attached hydrogen (secondary N) is 2. The van der Waals surface area contributed by atoms with Gasteiger partial charge in [-0.25, -0.2) is 4.79 Å². The third kappa shape index (κ3) is 5.17. The van der Waals surface area contributed by atoms with Crippen LogP contribution in [0.1, 0.15) is 46.9 Å². The summed E-state index contributed by atoms with van der Waals surface area (Å²) in [5.41, 5.74) is 0.612. The lowest BCUT2D eigenvalue weighted by atomic mass is 9.99. The van der Waals surface area contributed by atoms with E-state index >= 15 is 0 Å². The summed E-state index contributed by atoms with van der Waals surface area (Å²) < 4.78 is 0. The Labute approximate surface area is 167 Å². The minimum absolute atomic E-state index is 0.0370. The van der Waals surface area contributed by atoms with Crippen molar-refractivity contribution in [1.29, 1.82) is 0 Å². The molecule has 2 N–H and O–H groups in total. The van der Waals surface area contributed by atoms with E-state index in [0.717, 1.165) is 30.8 Å². The van der Waals surface area contributed by atoms with Gasteiger partial charge in [0, 0.05) is 36.3 Å². The molecule has 2 aromatic rings. The lowest BCUT2D eigenvalue weighted by molar-refractivity contribution is 0.102. The van der Waals surface area contributed by atoms with E-state index in [1.165, 1.54) is 11.3 Å². The molecule has 144 valence electrons. The number of anilines is 1. The molecular formula is C18H22ClN5O2S. The van der Waals surface area contributed by atoms with Crippen LogP contribution in [0.25, 0.3) is 0 Å². The van der Waals surface area contributed by atoms with Crippen molar-refractivity contribution in [3.8, 4) is 0 Å². The second-order valence-electron chi connectivity index (χ2n) is 6.43. The lowest BCUT2D eigenvalue weighted by Crippen LogP contribution is -2.45. The molecular weight excluding hydrogens is 386 g/mol. The van der Waals surface area contributed by atoms with Gasteiger partial charge >= 0.3 is 6.03 Å². The average molecular weight is 408 g/mol. The summed E-state index contributed by atoms with van der Waals surface area (Å²) in [6, 6.07) is 6.91. The van der Waals surface area contributed by atoms with Crippen LogP contribution < -0.4 is 10.6 Å². The summed E-state index contributed by atoms with van der Waals surface area (Å²) in [7, 11) is 0. The molecule has 7 nitrogen and oxygen atoms in total. The highest BCUT2D eigenvalue weighted by molar-refractivity contribution is 7.13. The fourth-order valence-corrected chi connectivity index (χ4v) is 4.00. The van der Waals surface area contributed by atoms with Crippen molar-refractivity contribution in [2.24, 2.45) is 0 Å². The molecule has 1 aliphatic rings. The Hall–Kier alpha value is -2.19. The molecule has 2 heterocycles. The number of hydrogen-bond acceptors (Lipinski definition) is 5. The van der Waals surface area contributed by atoms with Crippen LogP contribution in [-0.2, 0) is 0 Å². The predicted molar refractivity (Wildman–Crippen MR) is 107 cm³/mol. The Morgan fingerprint density at radius 2 is 2.22 bits per heavy atom. The first-order valence-corrected chi connectivity index (χ1v) is 10.2. The number of amides is 3. The van der Waals surface area contributed by atoms with Crippen LogP contribution in [0.3, 0.4) is 0 Å². The van der Waals surface area contributed by atoms with E-state index in [2.05, 4.69) is 20.8 Å². The number of halogens is 1. The van der Waals surface area contributed by atoms with E-state index in [0.29, 0.717) is 28.8 Å². The van der Waals surface area contributed by atoms with Crippen LogP contribution >= 0.6 is 22.9 Å². The number of aromatic nitrogens is 2. The number of likely N-dealkylation sites (tertiary alicyclic amines) is 1. The fraction of sp³-hybridized carbons (Fsp3) is 0.444. The first-order valence-electron chi connectivity index (χ1n) is 9.00. The maximum atomic E-state index is 12.4. The molecule has 9 heteroatoms. The molecule has 3 amide bonds. The number of nitrogens with zero attached hydrogens (tertiary/aromatic N) is 3. The van der Waals surface area contributed by atoms with Crippen LogP contribution in [0.15, 0.2) is 24.3 Å². The molecule has 1 aliphatic heterocycles. The summed E-state index contributed by atoms with van der Waals surface area (Å²) in [5, 5.41) is 15.6. The van der Waals surface area contributed by atoms with Crippen molar-refractivity contribution in [3.63, 3.8) is 0 Å². The van der Waals surface area contributed by atoms with Gasteiger partial charge in [0.05, 0.1) is 0 Å². The molecule has 3 rings (SSSR count). The number of carbonyl (C=O) groups is 2. The molecule has 0 radical (unpaired) electrons. The summed E-state index contributed by atoms with van der Waals surface area (Å²) in [6.07, 6.45) is 2.75. The van der Waals surface area contributed by atoms with Gasteiger partial charge in [0.2, 0.25) is 5.01 Å². The smallest absolute Gasteiger partial charge is 0.317 e. The van der Waals surface area contributed by atoms with Crippen LogP contribution in [0.2, 0.25) is 5.02 Å². The molecule has 1 aromatic carbocycles. The molecule has 1 unspecified atom stereocenters. The van der Waals surface area contributed by atoms with Gasteiger partial charge in [-0.1, -0.05) is 35.9 Å². The van der Waals surface area contributed by atoms with Gasteiger partial charge in [-0.3, -0.25) is 4.79 Å². The third-order valence-electron chi connectivity index (χ3n) is 4.30. The van der Waals surface area contributed by atoms with Gasteiger partial charge in [0.1, 0.15) is 5.01 Å². The van der Waals surface area contributed by atoms with Crippen LogP contribution in [-0.4, -0.2) is 46.7 Å². The van der Waals surface area contributed by atoms with Crippen LogP contribution in [0, 0.1) is 0 Å². The normalized spacial score (nSPS) is 16.8. The van der Waals surface area contributed by atoms with Crippen LogP contribution in [0.4, 0.5) is 10.5 Å². The molecule has 0 saturated carbocycles. The van der Waals surface area contributed by atoms with Crippen molar-refractivity contribution < 1.29 is 9.59 Å². The van der Waals surface area contributed by atoms with Crippen molar-refractivity contribution in [2.75, 3.05) is 25.0 Å². The highest BCUT2D eigenvalue weighted by atomic mass is 35.5. The fourth-order valence-electron chi connectivity index (χ4n) is 2.95. The van der Waals surface area contributed by atoms with Gasteiger partial charge < -0.3 is 15.5 Å².